The molecule has 2 atom stereocenters. The highest BCUT2D eigenvalue weighted by atomic mass is 35.5. The van der Waals surface area contributed by atoms with E-state index in [0.29, 0.717) is 40.0 Å². The Morgan fingerprint density at radius 2 is 2.13 bits per heavy atom. The minimum Gasteiger partial charge on any atom is -0.434 e. The molecule has 0 saturated carbocycles. The summed E-state index contributed by atoms with van der Waals surface area (Å²) in [4.78, 5) is 7.86. The molecule has 1 aromatic heterocycles. The molecule has 3 rings (SSSR count). The first-order chi connectivity index (χ1) is 14.4. The number of aliphatic hydroxyl groups excluding tert-OH is 1. The van der Waals surface area contributed by atoms with Crippen LogP contribution in [0.3, 0.4) is 0 Å². The van der Waals surface area contributed by atoms with Gasteiger partial charge in [-0.1, -0.05) is 25.4 Å². The van der Waals surface area contributed by atoms with Crippen molar-refractivity contribution in [3.05, 3.63) is 34.3 Å². The van der Waals surface area contributed by atoms with Crippen molar-refractivity contribution in [2.45, 2.75) is 33.4 Å². The molecule has 1 aromatic carbocycles. The number of hydrogen-bond donors (Lipinski definition) is 1. The third-order valence-corrected chi connectivity index (χ3v) is 6.60. The number of aromatic nitrogens is 1. The first-order valence-electron chi connectivity index (χ1n) is 9.96. The molecule has 1 aliphatic heterocycles. The molecule has 0 amide bonds. The van der Waals surface area contributed by atoms with Gasteiger partial charge in [-0.2, -0.15) is 8.78 Å². The third-order valence-electron chi connectivity index (χ3n) is 5.35. The van der Waals surface area contributed by atoms with E-state index in [1.165, 1.54) is 23.5 Å². The van der Waals surface area contributed by atoms with Gasteiger partial charge in [-0.25, -0.2) is 4.98 Å². The molecule has 1 N–H and O–H groups in total. The molecular formula is C21H27ClF2N2O3S. The van der Waals surface area contributed by atoms with Crippen molar-refractivity contribution in [2.24, 2.45) is 17.8 Å². The molecule has 5 nitrogen and oxygen atoms in total. The van der Waals surface area contributed by atoms with E-state index in [2.05, 4.69) is 28.5 Å². The lowest BCUT2D eigenvalue weighted by molar-refractivity contribution is -0.0494. The van der Waals surface area contributed by atoms with E-state index < -0.39 is 6.61 Å². The van der Waals surface area contributed by atoms with Gasteiger partial charge in [0.15, 0.2) is 0 Å². The van der Waals surface area contributed by atoms with E-state index in [0.717, 1.165) is 30.9 Å². The number of thiazole rings is 1. The highest BCUT2D eigenvalue weighted by Crippen LogP contribution is 2.37. The van der Waals surface area contributed by atoms with Gasteiger partial charge in [0, 0.05) is 35.7 Å². The summed E-state index contributed by atoms with van der Waals surface area (Å²) >= 11 is 7.52. The summed E-state index contributed by atoms with van der Waals surface area (Å²) in [5, 5.41) is 10.0. The third kappa shape index (κ3) is 6.34. The second kappa shape index (κ2) is 10.8. The summed E-state index contributed by atoms with van der Waals surface area (Å²) in [7, 11) is 0. The molecule has 0 radical (unpaired) electrons. The van der Waals surface area contributed by atoms with E-state index in [-0.39, 0.29) is 12.5 Å². The van der Waals surface area contributed by atoms with E-state index in [4.69, 9.17) is 21.4 Å². The number of alkyl halides is 2. The number of aliphatic hydroxyl groups is 1. The summed E-state index contributed by atoms with van der Waals surface area (Å²) < 4.78 is 35.4. The van der Waals surface area contributed by atoms with Crippen molar-refractivity contribution < 1.29 is 23.4 Å². The first-order valence-corrected chi connectivity index (χ1v) is 11.2. The molecular weight excluding hydrogens is 434 g/mol. The molecule has 166 valence electrons. The average Bonchev–Trinajstić information content (AvgIpc) is 3.15. The maximum atomic E-state index is 12.8. The minimum absolute atomic E-state index is 0.0642. The Labute approximate surface area is 184 Å². The lowest BCUT2D eigenvalue weighted by Gasteiger charge is -2.39. The number of ether oxygens (including phenoxy) is 2. The van der Waals surface area contributed by atoms with Gasteiger partial charge in [0.1, 0.15) is 17.6 Å². The monoisotopic (exact) mass is 460 g/mol. The Morgan fingerprint density at radius 3 is 2.83 bits per heavy atom. The van der Waals surface area contributed by atoms with Crippen molar-refractivity contribution in [1.29, 1.82) is 0 Å². The maximum absolute atomic E-state index is 12.8. The van der Waals surface area contributed by atoms with Crippen LogP contribution < -0.4 is 4.74 Å². The summed E-state index contributed by atoms with van der Waals surface area (Å²) in [6, 6.07) is 4.56. The van der Waals surface area contributed by atoms with E-state index in [9.17, 15) is 8.78 Å². The molecule has 0 spiro atoms. The summed E-state index contributed by atoms with van der Waals surface area (Å²) in [5.41, 5.74) is 0.465. The molecule has 1 saturated heterocycles. The number of likely N-dealkylation sites (tertiary alicyclic amines) is 1. The fourth-order valence-electron chi connectivity index (χ4n) is 3.89. The van der Waals surface area contributed by atoms with E-state index in [1.807, 2.05) is 0 Å². The Kier molecular flexibility index (Phi) is 8.42. The van der Waals surface area contributed by atoms with Crippen molar-refractivity contribution >= 4 is 22.9 Å². The zero-order chi connectivity index (χ0) is 21.7. The predicted molar refractivity (Wildman–Crippen MR) is 114 cm³/mol. The Bertz CT molecular complexity index is 821. The Hall–Kier alpha value is -1.32. The lowest BCUT2D eigenvalue weighted by atomic mass is 9.82. The van der Waals surface area contributed by atoms with Gasteiger partial charge in [0.25, 0.3) is 0 Å². The summed E-state index contributed by atoms with van der Waals surface area (Å²) in [6.07, 6.45) is 2.87. The van der Waals surface area contributed by atoms with E-state index >= 15 is 0 Å². The van der Waals surface area contributed by atoms with Crippen LogP contribution in [0.1, 0.15) is 25.1 Å². The van der Waals surface area contributed by atoms with Gasteiger partial charge < -0.3 is 14.6 Å². The fraction of sp³-hybridized carbons (Fsp3) is 0.571. The van der Waals surface area contributed by atoms with Crippen LogP contribution in [0.25, 0.3) is 10.6 Å². The quantitative estimate of drug-likeness (QED) is 0.526. The van der Waals surface area contributed by atoms with Gasteiger partial charge >= 0.3 is 6.61 Å². The Balaban J connectivity index is 1.74. The number of nitrogens with zero attached hydrogens (tertiary/aromatic N) is 2. The molecule has 1 fully saturated rings. The first kappa shape index (κ1) is 23.3. The normalized spacial score (nSPS) is 20.3. The van der Waals surface area contributed by atoms with E-state index in [1.54, 1.807) is 12.3 Å². The van der Waals surface area contributed by atoms with Crippen LogP contribution in [0.2, 0.25) is 5.02 Å². The highest BCUT2D eigenvalue weighted by Gasteiger charge is 2.29. The minimum atomic E-state index is -2.91. The lowest BCUT2D eigenvalue weighted by Crippen LogP contribution is -2.43. The largest absolute Gasteiger partial charge is 0.434 e. The zero-order valence-corrected chi connectivity index (χ0v) is 18.6. The van der Waals surface area contributed by atoms with Crippen molar-refractivity contribution in [1.82, 2.24) is 9.88 Å². The standard InChI is InChI=1S/C21H27ClF2N2O3S/c1-13(2)15-5-14(11-28-12-27)8-26(9-15)10-17-7-25-20(30-17)18-6-16(22)3-4-19(18)29-21(23)24/h3-4,6-7,13-15,21,27H,5,8-12H2,1-2H3/t14-,15-/m1/s1. The van der Waals surface area contributed by atoms with Crippen molar-refractivity contribution in [3.8, 4) is 16.3 Å². The van der Waals surface area contributed by atoms with Crippen molar-refractivity contribution in [2.75, 3.05) is 26.5 Å². The molecule has 0 unspecified atom stereocenters. The van der Waals surface area contributed by atoms with Crippen LogP contribution in [0.15, 0.2) is 24.4 Å². The van der Waals surface area contributed by atoms with Crippen LogP contribution in [0.4, 0.5) is 8.78 Å². The topological polar surface area (TPSA) is 54.8 Å². The van der Waals surface area contributed by atoms with Gasteiger partial charge in [0.05, 0.1) is 12.2 Å². The zero-order valence-electron chi connectivity index (χ0n) is 17.1. The van der Waals surface area contributed by atoms with Crippen LogP contribution in [-0.4, -0.2) is 48.1 Å². The van der Waals surface area contributed by atoms with Gasteiger partial charge in [-0.15, -0.1) is 11.3 Å². The second-order valence-electron chi connectivity index (χ2n) is 7.95. The van der Waals surface area contributed by atoms with Crippen LogP contribution >= 0.6 is 22.9 Å². The SMILES string of the molecule is CC(C)[C@@H]1C[C@@H](COCO)CN(Cc2cnc(-c3cc(Cl)ccc3OC(F)F)s2)C1. The number of halogens is 3. The Morgan fingerprint density at radius 1 is 1.33 bits per heavy atom. The maximum Gasteiger partial charge on any atom is 0.387 e. The number of hydrogen-bond acceptors (Lipinski definition) is 6. The highest BCUT2D eigenvalue weighted by molar-refractivity contribution is 7.15. The second-order valence-corrected chi connectivity index (χ2v) is 9.50. The molecule has 0 aliphatic carbocycles. The van der Waals surface area contributed by atoms with Crippen LogP contribution in [-0.2, 0) is 11.3 Å². The molecule has 1 aliphatic rings. The van der Waals surface area contributed by atoms with Gasteiger partial charge in [-0.3, -0.25) is 4.90 Å². The summed E-state index contributed by atoms with van der Waals surface area (Å²) in [5.74, 6) is 1.54. The molecule has 0 bridgehead atoms. The number of rotatable bonds is 9. The fourth-order valence-corrected chi connectivity index (χ4v) is 5.04. The predicted octanol–water partition coefficient (Wildman–Crippen LogP) is 5.13. The number of benzene rings is 1. The summed E-state index contributed by atoms with van der Waals surface area (Å²) in [6.45, 7) is 4.42. The molecule has 30 heavy (non-hydrogen) atoms. The smallest absolute Gasteiger partial charge is 0.387 e. The van der Waals surface area contributed by atoms with Crippen LogP contribution in [0.5, 0.6) is 5.75 Å². The average molecular weight is 461 g/mol. The van der Waals surface area contributed by atoms with Gasteiger partial charge in [-0.05, 0) is 42.4 Å². The van der Waals surface area contributed by atoms with Crippen molar-refractivity contribution in [3.63, 3.8) is 0 Å². The molecule has 2 aromatic rings. The molecule has 2 heterocycles. The molecule has 9 heteroatoms. The number of piperidine rings is 1. The van der Waals surface area contributed by atoms with Gasteiger partial charge in [0.2, 0.25) is 0 Å². The van der Waals surface area contributed by atoms with Crippen LogP contribution in [0, 0.1) is 17.8 Å².